The molecule has 5 rings (SSSR count). The average molecular weight is 396 g/mol. The van der Waals surface area contributed by atoms with E-state index in [1.165, 1.54) is 84.2 Å². The summed E-state index contributed by atoms with van der Waals surface area (Å²) in [7, 11) is 0. The first-order valence-corrected chi connectivity index (χ1v) is 12.5. The van der Waals surface area contributed by atoms with Gasteiger partial charge < -0.3 is 14.7 Å². The summed E-state index contributed by atoms with van der Waals surface area (Å²) in [5, 5.41) is 0. The summed E-state index contributed by atoms with van der Waals surface area (Å²) in [6.45, 7) is 12.6. The molecule has 1 aromatic carbocycles. The second kappa shape index (κ2) is 8.59. The van der Waals surface area contributed by atoms with E-state index in [4.69, 9.17) is 0 Å². The van der Waals surface area contributed by atoms with Gasteiger partial charge in [0.2, 0.25) is 0 Å². The highest BCUT2D eigenvalue weighted by Crippen LogP contribution is 2.40. The molecule has 3 aliphatic heterocycles. The molecule has 0 spiro atoms. The Kier molecular flexibility index (Phi) is 5.89. The summed E-state index contributed by atoms with van der Waals surface area (Å²) in [4.78, 5) is 8.31. The highest BCUT2D eigenvalue weighted by atomic mass is 15.2. The predicted molar refractivity (Wildman–Crippen MR) is 123 cm³/mol. The van der Waals surface area contributed by atoms with Crippen molar-refractivity contribution in [3.05, 3.63) is 29.8 Å². The first-order chi connectivity index (χ1) is 14.2. The lowest BCUT2D eigenvalue weighted by atomic mass is 9.79. The molecule has 3 heteroatoms. The lowest BCUT2D eigenvalue weighted by molar-refractivity contribution is 0.0975. The van der Waals surface area contributed by atoms with E-state index in [1.54, 1.807) is 11.3 Å². The maximum atomic E-state index is 2.85. The van der Waals surface area contributed by atoms with Crippen molar-refractivity contribution in [2.24, 2.45) is 11.8 Å². The topological polar surface area (TPSA) is 9.72 Å². The molecule has 1 aliphatic carbocycles. The fourth-order valence-corrected chi connectivity index (χ4v) is 6.60. The predicted octanol–water partition coefficient (Wildman–Crippen LogP) is 4.98. The number of nitrogens with zero attached hydrogens (tertiary/aromatic N) is 3. The normalized spacial score (nSPS) is 31.8. The fourth-order valence-electron chi connectivity index (χ4n) is 6.60. The van der Waals surface area contributed by atoms with Gasteiger partial charge >= 0.3 is 0 Å². The summed E-state index contributed by atoms with van der Waals surface area (Å²) in [6.07, 6.45) is 9.91. The Balaban J connectivity index is 1.18. The van der Waals surface area contributed by atoms with Crippen LogP contribution in [0.25, 0.3) is 0 Å². The van der Waals surface area contributed by atoms with Gasteiger partial charge in [0.15, 0.2) is 0 Å². The molecule has 1 aromatic rings. The van der Waals surface area contributed by atoms with Crippen LogP contribution in [0.1, 0.15) is 70.3 Å². The number of piperidine rings is 1. The van der Waals surface area contributed by atoms with E-state index in [0.29, 0.717) is 0 Å². The Morgan fingerprint density at radius 2 is 1.59 bits per heavy atom. The van der Waals surface area contributed by atoms with Crippen molar-refractivity contribution in [3.63, 3.8) is 0 Å². The molecule has 3 heterocycles. The fraction of sp³-hybridized carbons (Fsp3) is 0.769. The monoisotopic (exact) mass is 395 g/mol. The molecule has 1 saturated carbocycles. The lowest BCUT2D eigenvalue weighted by Gasteiger charge is -2.44. The number of fused-ring (bicyclic) bond motifs is 1. The molecule has 0 radical (unpaired) electrons. The maximum absolute atomic E-state index is 2.85. The Morgan fingerprint density at radius 1 is 0.862 bits per heavy atom. The van der Waals surface area contributed by atoms with Crippen LogP contribution in [0.3, 0.4) is 0 Å². The van der Waals surface area contributed by atoms with Gasteiger partial charge in [-0.25, -0.2) is 0 Å². The third-order valence-electron chi connectivity index (χ3n) is 8.67. The zero-order valence-corrected chi connectivity index (χ0v) is 18.7. The van der Waals surface area contributed by atoms with Crippen LogP contribution in [0.2, 0.25) is 0 Å². The maximum Gasteiger partial charge on any atom is 0.0405 e. The van der Waals surface area contributed by atoms with Crippen LogP contribution >= 0.6 is 0 Å². The van der Waals surface area contributed by atoms with E-state index in [0.717, 1.165) is 29.8 Å². The van der Waals surface area contributed by atoms with Gasteiger partial charge in [0.1, 0.15) is 0 Å². The third kappa shape index (κ3) is 4.10. The second-order valence-electron chi connectivity index (χ2n) is 10.6. The van der Waals surface area contributed by atoms with Gasteiger partial charge in [-0.05, 0) is 81.5 Å². The summed E-state index contributed by atoms with van der Waals surface area (Å²) in [5.41, 5.74) is 3.17. The van der Waals surface area contributed by atoms with E-state index in [-0.39, 0.29) is 0 Å². The van der Waals surface area contributed by atoms with Crippen LogP contribution < -0.4 is 4.90 Å². The van der Waals surface area contributed by atoms with Gasteiger partial charge in [-0.3, -0.25) is 0 Å². The highest BCUT2D eigenvalue weighted by Gasteiger charge is 2.37. The Morgan fingerprint density at radius 3 is 2.24 bits per heavy atom. The van der Waals surface area contributed by atoms with Gasteiger partial charge in [0, 0.05) is 49.9 Å². The van der Waals surface area contributed by atoms with Crippen LogP contribution in [0.4, 0.5) is 5.69 Å². The molecule has 1 unspecified atom stereocenters. The number of likely N-dealkylation sites (tertiary alicyclic amines) is 2. The Hall–Kier alpha value is -1.06. The van der Waals surface area contributed by atoms with Crippen LogP contribution in [0.5, 0.6) is 0 Å². The van der Waals surface area contributed by atoms with Crippen LogP contribution in [0.15, 0.2) is 24.3 Å². The van der Waals surface area contributed by atoms with Crippen LogP contribution in [-0.2, 0) is 0 Å². The molecule has 29 heavy (non-hydrogen) atoms. The number of hydrogen-bond donors (Lipinski definition) is 0. The minimum absolute atomic E-state index is 0.718. The molecule has 4 aliphatic rings. The van der Waals surface area contributed by atoms with E-state index >= 15 is 0 Å². The number of hydrogen-bond acceptors (Lipinski definition) is 3. The molecule has 0 amide bonds. The third-order valence-corrected chi connectivity index (χ3v) is 8.67. The molecule has 0 N–H and O–H groups in total. The van der Waals surface area contributed by atoms with Crippen molar-refractivity contribution in [3.8, 4) is 0 Å². The van der Waals surface area contributed by atoms with Crippen molar-refractivity contribution < 1.29 is 0 Å². The average Bonchev–Trinajstić information content (AvgIpc) is 3.10. The van der Waals surface area contributed by atoms with Gasteiger partial charge in [-0.1, -0.05) is 32.0 Å². The first-order valence-electron chi connectivity index (χ1n) is 12.5. The van der Waals surface area contributed by atoms with Gasteiger partial charge in [0.25, 0.3) is 0 Å². The van der Waals surface area contributed by atoms with E-state index in [2.05, 4.69) is 52.8 Å². The zero-order valence-electron chi connectivity index (χ0n) is 18.7. The SMILES string of the molecule is CC(C)C1CCC(N2CCC(N3CC(CN4CCC4)c4ccccc43)CC2)CC1. The van der Waals surface area contributed by atoms with Crippen LogP contribution in [0, 0.1) is 11.8 Å². The summed E-state index contributed by atoms with van der Waals surface area (Å²) < 4.78 is 0. The van der Waals surface area contributed by atoms with Crippen molar-refractivity contribution in [2.75, 3.05) is 44.2 Å². The summed E-state index contributed by atoms with van der Waals surface area (Å²) in [5.74, 6) is 2.57. The molecule has 0 aromatic heterocycles. The molecule has 3 fully saturated rings. The van der Waals surface area contributed by atoms with E-state index in [9.17, 15) is 0 Å². The van der Waals surface area contributed by atoms with Gasteiger partial charge in [0.05, 0.1) is 0 Å². The lowest BCUT2D eigenvalue weighted by Crippen LogP contribution is -2.49. The molecular weight excluding hydrogens is 354 g/mol. The number of para-hydroxylation sites is 1. The standard InChI is InChI=1S/C26H41N3/c1-20(2)21-8-10-23(11-9-21)28-16-12-24(13-17-28)29-19-22(18-27-14-5-15-27)25-6-3-4-7-26(25)29/h3-4,6-7,20-24H,5,8-19H2,1-2H3. The molecule has 1 atom stereocenters. The Labute approximate surface area is 178 Å². The molecule has 2 saturated heterocycles. The largest absolute Gasteiger partial charge is 0.368 e. The van der Waals surface area contributed by atoms with E-state index < -0.39 is 0 Å². The smallest absolute Gasteiger partial charge is 0.0405 e. The number of benzene rings is 1. The van der Waals surface area contributed by atoms with Crippen molar-refractivity contribution >= 4 is 5.69 Å². The number of anilines is 1. The minimum Gasteiger partial charge on any atom is -0.368 e. The van der Waals surface area contributed by atoms with Gasteiger partial charge in [-0.15, -0.1) is 0 Å². The summed E-state index contributed by atoms with van der Waals surface area (Å²) >= 11 is 0. The number of rotatable bonds is 5. The molecule has 160 valence electrons. The zero-order chi connectivity index (χ0) is 19.8. The van der Waals surface area contributed by atoms with E-state index in [1.807, 2.05) is 0 Å². The quantitative estimate of drug-likeness (QED) is 0.696. The van der Waals surface area contributed by atoms with Crippen LogP contribution in [-0.4, -0.2) is 61.2 Å². The first kappa shape index (κ1) is 19.9. The van der Waals surface area contributed by atoms with Crippen molar-refractivity contribution in [2.45, 2.75) is 76.8 Å². The Bertz CT molecular complexity index is 666. The van der Waals surface area contributed by atoms with Crippen molar-refractivity contribution in [1.29, 1.82) is 0 Å². The molecule has 3 nitrogen and oxygen atoms in total. The molecular formula is C26H41N3. The van der Waals surface area contributed by atoms with Crippen molar-refractivity contribution in [1.82, 2.24) is 9.80 Å². The highest BCUT2D eigenvalue weighted by molar-refractivity contribution is 5.61. The minimum atomic E-state index is 0.718. The second-order valence-corrected chi connectivity index (χ2v) is 10.6. The summed E-state index contributed by atoms with van der Waals surface area (Å²) in [6, 6.07) is 10.9. The van der Waals surface area contributed by atoms with Gasteiger partial charge in [-0.2, -0.15) is 0 Å². The molecule has 0 bridgehead atoms.